The monoisotopic (exact) mass is 299 g/mol. The first-order valence-electron chi connectivity index (χ1n) is 7.07. The van der Waals surface area contributed by atoms with Gasteiger partial charge in [-0.05, 0) is 54.5 Å². The van der Waals surface area contributed by atoms with E-state index in [0.29, 0.717) is 5.92 Å². The van der Waals surface area contributed by atoms with Gasteiger partial charge in [0, 0.05) is 17.3 Å². The van der Waals surface area contributed by atoms with Gasteiger partial charge in [-0.3, -0.25) is 9.78 Å². The summed E-state index contributed by atoms with van der Waals surface area (Å²) >= 11 is 1.60. The summed E-state index contributed by atoms with van der Waals surface area (Å²) in [4.78, 5) is 18.1. The van der Waals surface area contributed by atoms with Gasteiger partial charge in [-0.2, -0.15) is 5.10 Å². The lowest BCUT2D eigenvalue weighted by Crippen LogP contribution is -2.16. The number of thiophene rings is 1. The van der Waals surface area contributed by atoms with Crippen molar-refractivity contribution in [2.24, 2.45) is 11.0 Å². The Bertz CT molecular complexity index is 663. The van der Waals surface area contributed by atoms with Gasteiger partial charge in [-0.25, -0.2) is 5.43 Å². The first-order chi connectivity index (χ1) is 10.2. The third kappa shape index (κ3) is 3.36. The van der Waals surface area contributed by atoms with Crippen LogP contribution in [0.5, 0.6) is 0 Å². The summed E-state index contributed by atoms with van der Waals surface area (Å²) in [7, 11) is 0. The molecule has 1 N–H and O–H groups in total. The standard InChI is InChI=1S/C16H17N3OS/c1-11-2-3-14-13(8-11)9-15(21-14)16(20)19-18-10-12-4-6-17-7-5-12/h4-7,9-11H,2-3,8H2,1H3,(H,19,20). The summed E-state index contributed by atoms with van der Waals surface area (Å²) < 4.78 is 0. The highest BCUT2D eigenvalue weighted by Gasteiger charge is 2.20. The lowest BCUT2D eigenvalue weighted by atomic mass is 9.90. The zero-order valence-corrected chi connectivity index (χ0v) is 12.7. The van der Waals surface area contributed by atoms with Crippen LogP contribution in [0.4, 0.5) is 0 Å². The third-order valence-corrected chi connectivity index (χ3v) is 4.87. The van der Waals surface area contributed by atoms with Gasteiger partial charge in [0.2, 0.25) is 0 Å². The molecule has 0 fully saturated rings. The Hall–Kier alpha value is -2.01. The predicted molar refractivity (Wildman–Crippen MR) is 84.8 cm³/mol. The Kier molecular flexibility index (Phi) is 4.10. The van der Waals surface area contributed by atoms with E-state index in [-0.39, 0.29) is 5.91 Å². The molecular formula is C16H17N3OS. The van der Waals surface area contributed by atoms with E-state index < -0.39 is 0 Å². The topological polar surface area (TPSA) is 54.4 Å². The number of aromatic nitrogens is 1. The van der Waals surface area contributed by atoms with Crippen LogP contribution in [0, 0.1) is 5.92 Å². The number of hydrogen-bond acceptors (Lipinski definition) is 4. The number of carbonyl (C=O) groups excluding carboxylic acids is 1. The molecule has 108 valence electrons. The molecule has 0 saturated heterocycles. The number of amides is 1. The van der Waals surface area contributed by atoms with Crippen LogP contribution < -0.4 is 5.43 Å². The number of pyridine rings is 1. The fourth-order valence-electron chi connectivity index (χ4n) is 2.49. The van der Waals surface area contributed by atoms with Gasteiger partial charge in [0.15, 0.2) is 0 Å². The number of nitrogens with one attached hydrogen (secondary N) is 1. The van der Waals surface area contributed by atoms with E-state index in [1.165, 1.54) is 16.9 Å². The first-order valence-corrected chi connectivity index (χ1v) is 7.89. The van der Waals surface area contributed by atoms with E-state index in [9.17, 15) is 4.79 Å². The van der Waals surface area contributed by atoms with Crippen molar-refractivity contribution in [3.05, 3.63) is 51.5 Å². The summed E-state index contributed by atoms with van der Waals surface area (Å²) in [5.41, 5.74) is 4.83. The number of fused-ring (bicyclic) bond motifs is 1. The number of rotatable bonds is 3. The molecule has 2 aromatic heterocycles. The Morgan fingerprint density at radius 3 is 3.10 bits per heavy atom. The van der Waals surface area contributed by atoms with Crippen LogP contribution >= 0.6 is 11.3 Å². The molecule has 1 unspecified atom stereocenters. The minimum absolute atomic E-state index is 0.132. The molecule has 4 nitrogen and oxygen atoms in total. The van der Waals surface area contributed by atoms with Crippen LogP contribution in [0.25, 0.3) is 0 Å². The second-order valence-corrected chi connectivity index (χ2v) is 6.52. The smallest absolute Gasteiger partial charge is 0.266 e. The van der Waals surface area contributed by atoms with E-state index in [0.717, 1.165) is 23.3 Å². The van der Waals surface area contributed by atoms with E-state index in [4.69, 9.17) is 0 Å². The molecule has 0 aromatic carbocycles. The molecule has 3 rings (SSSR count). The third-order valence-electron chi connectivity index (χ3n) is 3.64. The molecule has 1 amide bonds. The highest BCUT2D eigenvalue weighted by Crippen LogP contribution is 2.32. The summed E-state index contributed by atoms with van der Waals surface area (Å²) in [5.74, 6) is 0.583. The second kappa shape index (κ2) is 6.18. The van der Waals surface area contributed by atoms with Crippen LogP contribution in [0.15, 0.2) is 35.7 Å². The first kappa shape index (κ1) is 13.9. The van der Waals surface area contributed by atoms with Crippen molar-refractivity contribution in [2.75, 3.05) is 0 Å². The maximum atomic E-state index is 12.1. The number of aryl methyl sites for hydroxylation is 1. The Labute approximate surface area is 127 Å². The Morgan fingerprint density at radius 1 is 1.48 bits per heavy atom. The number of carbonyl (C=O) groups is 1. The van der Waals surface area contributed by atoms with Crippen molar-refractivity contribution in [2.45, 2.75) is 26.2 Å². The van der Waals surface area contributed by atoms with Crippen molar-refractivity contribution >= 4 is 23.5 Å². The van der Waals surface area contributed by atoms with Gasteiger partial charge in [0.25, 0.3) is 5.91 Å². The normalized spacial score (nSPS) is 17.7. The van der Waals surface area contributed by atoms with Crippen LogP contribution in [0.3, 0.4) is 0 Å². The molecule has 0 saturated carbocycles. The maximum absolute atomic E-state index is 12.1. The Morgan fingerprint density at radius 2 is 2.29 bits per heavy atom. The molecule has 1 atom stereocenters. The molecule has 0 aliphatic heterocycles. The number of hydrogen-bond donors (Lipinski definition) is 1. The zero-order valence-electron chi connectivity index (χ0n) is 11.9. The van der Waals surface area contributed by atoms with Crippen molar-refractivity contribution in [3.63, 3.8) is 0 Å². The van der Waals surface area contributed by atoms with Gasteiger partial charge in [-0.1, -0.05) is 6.92 Å². The fourth-order valence-corrected chi connectivity index (χ4v) is 3.59. The SMILES string of the molecule is CC1CCc2sc(C(=O)NN=Cc3ccncc3)cc2C1. The van der Waals surface area contributed by atoms with Gasteiger partial charge < -0.3 is 0 Å². The van der Waals surface area contributed by atoms with Gasteiger partial charge in [0.1, 0.15) is 0 Å². The van der Waals surface area contributed by atoms with E-state index in [1.807, 2.05) is 18.2 Å². The van der Waals surface area contributed by atoms with Gasteiger partial charge in [-0.15, -0.1) is 11.3 Å². The fraction of sp³-hybridized carbons (Fsp3) is 0.312. The molecule has 2 heterocycles. The van der Waals surface area contributed by atoms with Crippen LogP contribution in [0.2, 0.25) is 0 Å². The van der Waals surface area contributed by atoms with E-state index >= 15 is 0 Å². The van der Waals surface area contributed by atoms with Crippen LogP contribution in [-0.4, -0.2) is 17.1 Å². The van der Waals surface area contributed by atoms with E-state index in [2.05, 4.69) is 22.4 Å². The Balaban J connectivity index is 1.65. The summed E-state index contributed by atoms with van der Waals surface area (Å²) in [6.45, 7) is 2.26. The molecule has 0 radical (unpaired) electrons. The quantitative estimate of drug-likeness (QED) is 0.699. The van der Waals surface area contributed by atoms with Crippen molar-refractivity contribution in [3.8, 4) is 0 Å². The lowest BCUT2D eigenvalue weighted by molar-refractivity contribution is 0.0959. The number of hydrazone groups is 1. The minimum atomic E-state index is -0.132. The van der Waals surface area contributed by atoms with Crippen molar-refractivity contribution < 1.29 is 4.79 Å². The molecule has 5 heteroatoms. The lowest BCUT2D eigenvalue weighted by Gasteiger charge is -2.16. The van der Waals surface area contributed by atoms with E-state index in [1.54, 1.807) is 29.9 Å². The summed E-state index contributed by atoms with van der Waals surface area (Å²) in [5, 5.41) is 3.99. The second-order valence-electron chi connectivity index (χ2n) is 5.39. The molecule has 0 spiro atoms. The van der Waals surface area contributed by atoms with Gasteiger partial charge >= 0.3 is 0 Å². The molecule has 21 heavy (non-hydrogen) atoms. The van der Waals surface area contributed by atoms with Crippen molar-refractivity contribution in [1.82, 2.24) is 10.4 Å². The highest BCUT2D eigenvalue weighted by atomic mass is 32.1. The number of nitrogens with zero attached hydrogens (tertiary/aromatic N) is 2. The largest absolute Gasteiger partial charge is 0.281 e. The predicted octanol–water partition coefficient (Wildman–Crippen LogP) is 3.03. The average molecular weight is 299 g/mol. The molecule has 1 aliphatic carbocycles. The molecule has 0 bridgehead atoms. The molecular weight excluding hydrogens is 282 g/mol. The van der Waals surface area contributed by atoms with Crippen LogP contribution in [-0.2, 0) is 12.8 Å². The summed E-state index contributed by atoms with van der Waals surface area (Å²) in [6, 6.07) is 5.69. The molecule has 1 aliphatic rings. The zero-order chi connectivity index (χ0) is 14.7. The summed E-state index contributed by atoms with van der Waals surface area (Å²) in [6.07, 6.45) is 8.40. The maximum Gasteiger partial charge on any atom is 0.281 e. The van der Waals surface area contributed by atoms with Gasteiger partial charge in [0.05, 0.1) is 11.1 Å². The van der Waals surface area contributed by atoms with Crippen LogP contribution in [0.1, 0.15) is 39.0 Å². The highest BCUT2D eigenvalue weighted by molar-refractivity contribution is 7.14. The average Bonchev–Trinajstić information content (AvgIpc) is 2.91. The van der Waals surface area contributed by atoms with Crippen molar-refractivity contribution in [1.29, 1.82) is 0 Å². The minimum Gasteiger partial charge on any atom is -0.266 e. The molecule has 2 aromatic rings.